The van der Waals surface area contributed by atoms with E-state index in [0.717, 1.165) is 17.5 Å². The minimum Gasteiger partial charge on any atom is -0.324 e. The van der Waals surface area contributed by atoms with Crippen molar-refractivity contribution in [3.8, 4) is 0 Å². The molecule has 100 valence electrons. The molecule has 19 heavy (non-hydrogen) atoms. The number of benzene rings is 2. The van der Waals surface area contributed by atoms with E-state index in [4.69, 9.17) is 5.73 Å². The van der Waals surface area contributed by atoms with Crippen LogP contribution in [0.1, 0.15) is 33.9 Å². The highest BCUT2D eigenvalue weighted by Gasteiger charge is 2.12. The van der Waals surface area contributed by atoms with Crippen LogP contribution in [0.25, 0.3) is 0 Å². The standard InChI is InChI=1S/C17H20FN/c1-11-4-5-12(2)14(8-11)10-17(19)16-7-6-15(18)9-13(16)3/h4-9,17H,10,19H2,1-3H3. The molecule has 0 bridgehead atoms. The monoisotopic (exact) mass is 257 g/mol. The van der Waals surface area contributed by atoms with Crippen molar-refractivity contribution in [1.82, 2.24) is 0 Å². The molecule has 2 N–H and O–H groups in total. The molecular weight excluding hydrogens is 237 g/mol. The number of aryl methyl sites for hydroxylation is 3. The zero-order chi connectivity index (χ0) is 14.0. The van der Waals surface area contributed by atoms with Gasteiger partial charge in [0.2, 0.25) is 0 Å². The lowest BCUT2D eigenvalue weighted by Gasteiger charge is -2.16. The predicted octanol–water partition coefficient (Wildman–Crippen LogP) is 3.99. The zero-order valence-electron chi connectivity index (χ0n) is 11.7. The summed E-state index contributed by atoms with van der Waals surface area (Å²) in [6.45, 7) is 6.08. The van der Waals surface area contributed by atoms with Gasteiger partial charge in [-0.2, -0.15) is 0 Å². The first kappa shape index (κ1) is 13.8. The Kier molecular flexibility index (Phi) is 4.01. The molecule has 0 fully saturated rings. The third-order valence-corrected chi connectivity index (χ3v) is 3.58. The molecule has 2 heteroatoms. The summed E-state index contributed by atoms with van der Waals surface area (Å²) in [6.07, 6.45) is 0.778. The van der Waals surface area contributed by atoms with Gasteiger partial charge in [0.05, 0.1) is 0 Å². The van der Waals surface area contributed by atoms with Crippen molar-refractivity contribution in [2.75, 3.05) is 0 Å². The van der Waals surface area contributed by atoms with Gasteiger partial charge in [0.15, 0.2) is 0 Å². The van der Waals surface area contributed by atoms with Crippen molar-refractivity contribution in [1.29, 1.82) is 0 Å². The molecule has 1 unspecified atom stereocenters. The van der Waals surface area contributed by atoms with Gasteiger partial charge in [0.25, 0.3) is 0 Å². The molecule has 2 aromatic rings. The Morgan fingerprint density at radius 3 is 2.42 bits per heavy atom. The topological polar surface area (TPSA) is 26.0 Å². The van der Waals surface area contributed by atoms with E-state index in [1.54, 1.807) is 6.07 Å². The molecule has 0 saturated heterocycles. The molecule has 1 nitrogen and oxygen atoms in total. The highest BCUT2D eigenvalue weighted by Crippen LogP contribution is 2.22. The second-order valence-electron chi connectivity index (χ2n) is 5.24. The Bertz CT molecular complexity index is 590. The van der Waals surface area contributed by atoms with Crippen LogP contribution in [0.4, 0.5) is 4.39 Å². The molecule has 0 spiro atoms. The van der Waals surface area contributed by atoms with Crippen LogP contribution in [0.2, 0.25) is 0 Å². The van der Waals surface area contributed by atoms with Gasteiger partial charge in [-0.3, -0.25) is 0 Å². The lowest BCUT2D eigenvalue weighted by molar-refractivity contribution is 0.622. The summed E-state index contributed by atoms with van der Waals surface area (Å²) in [5.41, 5.74) is 12.0. The summed E-state index contributed by atoms with van der Waals surface area (Å²) < 4.78 is 13.1. The van der Waals surface area contributed by atoms with Crippen LogP contribution in [0.15, 0.2) is 36.4 Å². The van der Waals surface area contributed by atoms with Crippen LogP contribution in [0.5, 0.6) is 0 Å². The van der Waals surface area contributed by atoms with Crippen LogP contribution in [0, 0.1) is 26.6 Å². The van der Waals surface area contributed by atoms with Gasteiger partial charge in [-0.1, -0.05) is 29.8 Å². The highest BCUT2D eigenvalue weighted by molar-refractivity contribution is 5.35. The Morgan fingerprint density at radius 2 is 1.74 bits per heavy atom. The molecule has 0 aliphatic rings. The summed E-state index contributed by atoms with van der Waals surface area (Å²) in [4.78, 5) is 0. The van der Waals surface area contributed by atoms with Gasteiger partial charge >= 0.3 is 0 Å². The Morgan fingerprint density at radius 1 is 1.00 bits per heavy atom. The van der Waals surface area contributed by atoms with Crippen molar-refractivity contribution in [2.24, 2.45) is 5.73 Å². The van der Waals surface area contributed by atoms with Gasteiger partial charge in [-0.25, -0.2) is 4.39 Å². The molecule has 2 rings (SSSR count). The maximum atomic E-state index is 13.1. The van der Waals surface area contributed by atoms with E-state index in [1.807, 2.05) is 6.92 Å². The molecule has 0 aliphatic heterocycles. The summed E-state index contributed by atoms with van der Waals surface area (Å²) >= 11 is 0. The molecule has 0 aliphatic carbocycles. The first-order chi connectivity index (χ1) is 8.97. The molecule has 0 amide bonds. The second kappa shape index (κ2) is 5.54. The van der Waals surface area contributed by atoms with Gasteiger partial charge in [0.1, 0.15) is 5.82 Å². The fourth-order valence-electron chi connectivity index (χ4n) is 2.42. The number of hydrogen-bond acceptors (Lipinski definition) is 1. The third kappa shape index (κ3) is 3.21. The Labute approximate surface area is 114 Å². The van der Waals surface area contributed by atoms with Crippen LogP contribution >= 0.6 is 0 Å². The Balaban J connectivity index is 2.25. The number of halogens is 1. The van der Waals surface area contributed by atoms with Crippen molar-refractivity contribution in [3.05, 3.63) is 70.0 Å². The van der Waals surface area contributed by atoms with Crippen LogP contribution in [-0.4, -0.2) is 0 Å². The minimum atomic E-state index is -0.208. The summed E-state index contributed by atoms with van der Waals surface area (Å²) in [6, 6.07) is 11.1. The molecule has 1 atom stereocenters. The van der Waals surface area contributed by atoms with Crippen LogP contribution < -0.4 is 5.73 Å². The van der Waals surface area contributed by atoms with Crippen LogP contribution in [0.3, 0.4) is 0 Å². The highest BCUT2D eigenvalue weighted by atomic mass is 19.1. The van der Waals surface area contributed by atoms with E-state index in [9.17, 15) is 4.39 Å². The first-order valence-corrected chi connectivity index (χ1v) is 6.55. The number of nitrogens with two attached hydrogens (primary N) is 1. The summed E-state index contributed by atoms with van der Waals surface area (Å²) in [5, 5.41) is 0. The third-order valence-electron chi connectivity index (χ3n) is 3.58. The van der Waals surface area contributed by atoms with E-state index in [2.05, 4.69) is 32.0 Å². The second-order valence-corrected chi connectivity index (χ2v) is 5.24. The van der Waals surface area contributed by atoms with Crippen molar-refractivity contribution in [2.45, 2.75) is 33.2 Å². The molecule has 0 aromatic heterocycles. The quantitative estimate of drug-likeness (QED) is 0.884. The Hall–Kier alpha value is -1.67. The number of rotatable bonds is 3. The van der Waals surface area contributed by atoms with Gasteiger partial charge in [0, 0.05) is 6.04 Å². The molecule has 0 heterocycles. The van der Waals surface area contributed by atoms with Crippen molar-refractivity contribution < 1.29 is 4.39 Å². The van der Waals surface area contributed by atoms with Crippen molar-refractivity contribution in [3.63, 3.8) is 0 Å². The normalized spacial score (nSPS) is 12.5. The lowest BCUT2D eigenvalue weighted by atomic mass is 9.93. The molecular formula is C17H20FN. The average Bonchev–Trinajstić information content (AvgIpc) is 2.33. The average molecular weight is 257 g/mol. The van der Waals surface area contributed by atoms with Gasteiger partial charge < -0.3 is 5.73 Å². The molecule has 0 radical (unpaired) electrons. The summed E-state index contributed by atoms with van der Waals surface area (Å²) in [5.74, 6) is -0.208. The minimum absolute atomic E-state index is 0.0962. The molecule has 0 saturated carbocycles. The fraction of sp³-hybridized carbons (Fsp3) is 0.294. The van der Waals surface area contributed by atoms with E-state index in [1.165, 1.54) is 28.8 Å². The molecule has 2 aromatic carbocycles. The van der Waals surface area contributed by atoms with Gasteiger partial charge in [-0.05, 0) is 61.6 Å². The first-order valence-electron chi connectivity index (χ1n) is 6.55. The van der Waals surface area contributed by atoms with E-state index in [-0.39, 0.29) is 11.9 Å². The lowest BCUT2D eigenvalue weighted by Crippen LogP contribution is -2.15. The van der Waals surface area contributed by atoms with E-state index < -0.39 is 0 Å². The zero-order valence-corrected chi connectivity index (χ0v) is 11.7. The SMILES string of the molecule is Cc1ccc(C)c(CC(N)c2ccc(F)cc2C)c1. The van der Waals surface area contributed by atoms with Crippen LogP contribution in [-0.2, 0) is 6.42 Å². The van der Waals surface area contributed by atoms with Gasteiger partial charge in [-0.15, -0.1) is 0 Å². The van der Waals surface area contributed by atoms with E-state index in [0.29, 0.717) is 0 Å². The van der Waals surface area contributed by atoms with E-state index >= 15 is 0 Å². The summed E-state index contributed by atoms with van der Waals surface area (Å²) in [7, 11) is 0. The predicted molar refractivity (Wildman–Crippen MR) is 77.7 cm³/mol. The fourth-order valence-corrected chi connectivity index (χ4v) is 2.42. The van der Waals surface area contributed by atoms with Crippen molar-refractivity contribution >= 4 is 0 Å². The number of hydrogen-bond donors (Lipinski definition) is 1. The largest absolute Gasteiger partial charge is 0.324 e. The maximum Gasteiger partial charge on any atom is 0.123 e. The maximum absolute atomic E-state index is 13.1. The smallest absolute Gasteiger partial charge is 0.123 e.